The van der Waals surface area contributed by atoms with Crippen molar-refractivity contribution in [3.05, 3.63) is 64.2 Å². The van der Waals surface area contributed by atoms with E-state index in [2.05, 4.69) is 37.4 Å². The first-order chi connectivity index (χ1) is 11.4. The van der Waals surface area contributed by atoms with Crippen molar-refractivity contribution in [2.45, 2.75) is 46.3 Å². The van der Waals surface area contributed by atoms with Gasteiger partial charge in [-0.05, 0) is 56.5 Å². The van der Waals surface area contributed by atoms with E-state index >= 15 is 0 Å². The molecule has 2 aromatic carbocycles. The SMILES string of the molecule is CC[C@H](Oc1cccc(Cl)c1)C(=O)N[C@H](C)c1ccc(C)cc1C. The van der Waals surface area contributed by atoms with Crippen LogP contribution in [0.1, 0.15) is 43.0 Å². The lowest BCUT2D eigenvalue weighted by atomic mass is 10.00. The van der Waals surface area contributed by atoms with Gasteiger partial charge in [0, 0.05) is 5.02 Å². The van der Waals surface area contributed by atoms with Gasteiger partial charge in [-0.25, -0.2) is 0 Å². The summed E-state index contributed by atoms with van der Waals surface area (Å²) in [6.07, 6.45) is 0.0365. The van der Waals surface area contributed by atoms with Crippen LogP contribution in [0.25, 0.3) is 0 Å². The molecule has 0 saturated heterocycles. The predicted octanol–water partition coefficient (Wildman–Crippen LogP) is 4.99. The highest BCUT2D eigenvalue weighted by atomic mass is 35.5. The van der Waals surface area contributed by atoms with Gasteiger partial charge in [-0.2, -0.15) is 0 Å². The quantitative estimate of drug-likeness (QED) is 0.800. The molecule has 0 aliphatic carbocycles. The molecule has 0 aliphatic rings. The molecular formula is C20H24ClNO2. The van der Waals surface area contributed by atoms with Crippen molar-refractivity contribution >= 4 is 17.5 Å². The van der Waals surface area contributed by atoms with Gasteiger partial charge in [-0.15, -0.1) is 0 Å². The molecule has 0 spiro atoms. The van der Waals surface area contributed by atoms with E-state index in [-0.39, 0.29) is 11.9 Å². The Kier molecular flexibility index (Phi) is 6.27. The molecule has 1 amide bonds. The lowest BCUT2D eigenvalue weighted by molar-refractivity contribution is -0.128. The molecule has 0 bridgehead atoms. The molecule has 2 rings (SSSR count). The highest BCUT2D eigenvalue weighted by Gasteiger charge is 2.21. The first-order valence-electron chi connectivity index (χ1n) is 8.20. The van der Waals surface area contributed by atoms with Crippen molar-refractivity contribution in [3.8, 4) is 5.75 Å². The highest BCUT2D eigenvalue weighted by Crippen LogP contribution is 2.21. The Labute approximate surface area is 149 Å². The zero-order valence-corrected chi connectivity index (χ0v) is 15.4. The number of carbonyl (C=O) groups excluding carboxylic acids is 1. The van der Waals surface area contributed by atoms with Gasteiger partial charge in [-0.3, -0.25) is 4.79 Å². The Balaban J connectivity index is 2.05. The second kappa shape index (κ2) is 8.20. The number of rotatable bonds is 6. The lowest BCUT2D eigenvalue weighted by Crippen LogP contribution is -2.39. The third kappa shape index (κ3) is 4.75. The average Bonchev–Trinajstić information content (AvgIpc) is 2.52. The van der Waals surface area contributed by atoms with Gasteiger partial charge < -0.3 is 10.1 Å². The van der Waals surface area contributed by atoms with Crippen LogP contribution in [0.15, 0.2) is 42.5 Å². The Morgan fingerprint density at radius 1 is 1.21 bits per heavy atom. The maximum Gasteiger partial charge on any atom is 0.261 e. The van der Waals surface area contributed by atoms with Crippen molar-refractivity contribution < 1.29 is 9.53 Å². The maximum atomic E-state index is 12.6. The third-order valence-electron chi connectivity index (χ3n) is 3.99. The van der Waals surface area contributed by atoms with Crippen molar-refractivity contribution in [1.82, 2.24) is 5.32 Å². The summed E-state index contributed by atoms with van der Waals surface area (Å²) in [5, 5.41) is 3.63. The summed E-state index contributed by atoms with van der Waals surface area (Å²) >= 11 is 5.97. The van der Waals surface area contributed by atoms with Crippen molar-refractivity contribution in [2.75, 3.05) is 0 Å². The van der Waals surface area contributed by atoms with Gasteiger partial charge in [-0.1, -0.05) is 48.4 Å². The number of aryl methyl sites for hydroxylation is 2. The van der Waals surface area contributed by atoms with Gasteiger partial charge in [0.1, 0.15) is 5.75 Å². The lowest BCUT2D eigenvalue weighted by Gasteiger charge is -2.22. The number of benzene rings is 2. The van der Waals surface area contributed by atoms with Crippen LogP contribution >= 0.6 is 11.6 Å². The minimum Gasteiger partial charge on any atom is -0.481 e. The van der Waals surface area contributed by atoms with E-state index < -0.39 is 6.10 Å². The topological polar surface area (TPSA) is 38.3 Å². The minimum atomic E-state index is -0.545. The van der Waals surface area contributed by atoms with Crippen LogP contribution in [0.3, 0.4) is 0 Å². The minimum absolute atomic E-state index is 0.0740. The number of carbonyl (C=O) groups is 1. The number of nitrogens with one attached hydrogen (secondary N) is 1. The van der Waals surface area contributed by atoms with Crippen molar-refractivity contribution in [2.24, 2.45) is 0 Å². The van der Waals surface area contributed by atoms with Crippen LogP contribution in [0.5, 0.6) is 5.75 Å². The Hall–Kier alpha value is -2.00. The van der Waals surface area contributed by atoms with Crippen LogP contribution in [-0.4, -0.2) is 12.0 Å². The number of hydrogen-bond donors (Lipinski definition) is 1. The summed E-state index contributed by atoms with van der Waals surface area (Å²) in [6, 6.07) is 13.3. The number of halogens is 1. The molecule has 0 fully saturated rings. The number of hydrogen-bond acceptors (Lipinski definition) is 2. The van der Waals surface area contributed by atoms with Crippen molar-refractivity contribution in [3.63, 3.8) is 0 Å². The van der Waals surface area contributed by atoms with E-state index in [9.17, 15) is 4.79 Å². The second-order valence-corrected chi connectivity index (χ2v) is 6.50. The van der Waals surface area contributed by atoms with E-state index in [1.54, 1.807) is 24.3 Å². The molecule has 0 heterocycles. The number of ether oxygens (including phenoxy) is 1. The van der Waals surface area contributed by atoms with Crippen molar-refractivity contribution in [1.29, 1.82) is 0 Å². The van der Waals surface area contributed by atoms with Crippen LogP contribution in [0, 0.1) is 13.8 Å². The van der Waals surface area contributed by atoms with E-state index in [0.29, 0.717) is 17.2 Å². The predicted molar refractivity (Wildman–Crippen MR) is 98.6 cm³/mol. The second-order valence-electron chi connectivity index (χ2n) is 6.06. The molecule has 24 heavy (non-hydrogen) atoms. The fourth-order valence-electron chi connectivity index (χ4n) is 2.72. The van der Waals surface area contributed by atoms with Gasteiger partial charge in [0.25, 0.3) is 5.91 Å². The smallest absolute Gasteiger partial charge is 0.261 e. The highest BCUT2D eigenvalue weighted by molar-refractivity contribution is 6.30. The largest absolute Gasteiger partial charge is 0.481 e. The Morgan fingerprint density at radius 3 is 2.58 bits per heavy atom. The Morgan fingerprint density at radius 2 is 1.96 bits per heavy atom. The standard InChI is InChI=1S/C20H24ClNO2/c1-5-19(24-17-8-6-7-16(21)12-17)20(23)22-15(4)18-10-9-13(2)11-14(18)3/h6-12,15,19H,5H2,1-4H3,(H,22,23)/t15-,19+/m1/s1. The van der Waals surface area contributed by atoms with Gasteiger partial charge in [0.05, 0.1) is 6.04 Å². The first kappa shape index (κ1) is 18.3. The van der Waals surface area contributed by atoms with E-state index in [4.69, 9.17) is 16.3 Å². The number of amides is 1. The molecule has 0 saturated carbocycles. The fourth-order valence-corrected chi connectivity index (χ4v) is 2.90. The van der Waals surface area contributed by atoms with E-state index in [1.165, 1.54) is 11.1 Å². The Bertz CT molecular complexity index is 715. The summed E-state index contributed by atoms with van der Waals surface area (Å²) in [4.78, 5) is 12.6. The summed E-state index contributed by atoms with van der Waals surface area (Å²) < 4.78 is 5.80. The van der Waals surface area contributed by atoms with Crippen LogP contribution in [0.4, 0.5) is 0 Å². The molecule has 0 aliphatic heterocycles. The molecule has 2 aromatic rings. The molecule has 128 valence electrons. The van der Waals surface area contributed by atoms with Crippen LogP contribution in [0.2, 0.25) is 5.02 Å². The van der Waals surface area contributed by atoms with Crippen LogP contribution < -0.4 is 10.1 Å². The van der Waals surface area contributed by atoms with Crippen LogP contribution in [-0.2, 0) is 4.79 Å². The molecular weight excluding hydrogens is 322 g/mol. The zero-order chi connectivity index (χ0) is 17.7. The summed E-state index contributed by atoms with van der Waals surface area (Å²) in [5.74, 6) is 0.480. The molecule has 0 unspecified atom stereocenters. The normalized spacial score (nSPS) is 13.2. The molecule has 3 nitrogen and oxygen atoms in total. The van der Waals surface area contributed by atoms with Gasteiger partial charge in [0.2, 0.25) is 0 Å². The summed E-state index contributed by atoms with van der Waals surface area (Å²) in [6.45, 7) is 8.04. The monoisotopic (exact) mass is 345 g/mol. The summed E-state index contributed by atoms with van der Waals surface area (Å²) in [5.41, 5.74) is 3.50. The third-order valence-corrected chi connectivity index (χ3v) is 4.22. The molecule has 4 heteroatoms. The molecule has 1 N–H and O–H groups in total. The molecule has 0 radical (unpaired) electrons. The van der Waals surface area contributed by atoms with E-state index in [0.717, 1.165) is 5.56 Å². The molecule has 2 atom stereocenters. The van der Waals surface area contributed by atoms with Gasteiger partial charge >= 0.3 is 0 Å². The zero-order valence-electron chi connectivity index (χ0n) is 14.6. The average molecular weight is 346 g/mol. The maximum absolute atomic E-state index is 12.6. The van der Waals surface area contributed by atoms with E-state index in [1.807, 2.05) is 13.8 Å². The van der Waals surface area contributed by atoms with Gasteiger partial charge in [0.15, 0.2) is 6.10 Å². The first-order valence-corrected chi connectivity index (χ1v) is 8.58. The fraction of sp³-hybridized carbons (Fsp3) is 0.350. The molecule has 0 aromatic heterocycles. The summed E-state index contributed by atoms with van der Waals surface area (Å²) in [7, 11) is 0.